The number of carbonyl (C=O) groups excluding carboxylic acids is 2. The summed E-state index contributed by atoms with van der Waals surface area (Å²) >= 11 is 0. The molecule has 1 aromatic carbocycles. The lowest BCUT2D eigenvalue weighted by Crippen LogP contribution is -2.39. The zero-order valence-corrected chi connectivity index (χ0v) is 14.3. The number of para-hydroxylation sites is 1. The summed E-state index contributed by atoms with van der Waals surface area (Å²) in [7, 11) is 0. The third-order valence-electron chi connectivity index (χ3n) is 4.07. The van der Waals surface area contributed by atoms with Gasteiger partial charge in [-0.15, -0.1) is 0 Å². The van der Waals surface area contributed by atoms with Crippen LogP contribution in [0.3, 0.4) is 0 Å². The molecular weight excluding hydrogens is 338 g/mol. The van der Waals surface area contributed by atoms with Crippen molar-refractivity contribution in [1.29, 1.82) is 0 Å². The Hall–Kier alpha value is -3.03. The molecule has 1 aliphatic rings. The fourth-order valence-electron chi connectivity index (χ4n) is 2.79. The van der Waals surface area contributed by atoms with Crippen LogP contribution in [0, 0.1) is 0 Å². The van der Waals surface area contributed by atoms with Gasteiger partial charge in [0.15, 0.2) is 5.57 Å². The van der Waals surface area contributed by atoms with Crippen molar-refractivity contribution in [3.8, 4) is 0 Å². The number of hydrogen-bond donors (Lipinski definition) is 5. The first-order chi connectivity index (χ1) is 12.5. The Balaban J connectivity index is 2.18. The first-order valence-corrected chi connectivity index (χ1v) is 8.53. The summed E-state index contributed by atoms with van der Waals surface area (Å²) in [5, 5.41) is 26.5. The molecule has 0 bridgehead atoms. The van der Waals surface area contributed by atoms with Crippen LogP contribution < -0.4 is 16.0 Å². The molecule has 8 heteroatoms. The molecule has 1 saturated carbocycles. The lowest BCUT2D eigenvalue weighted by atomic mass is 9.95. The summed E-state index contributed by atoms with van der Waals surface area (Å²) < 4.78 is 0. The fraction of sp³-hybridized carbons (Fsp3) is 0.389. The van der Waals surface area contributed by atoms with Gasteiger partial charge in [0.1, 0.15) is 6.54 Å². The highest BCUT2D eigenvalue weighted by Crippen LogP contribution is 2.19. The average molecular weight is 361 g/mol. The van der Waals surface area contributed by atoms with Gasteiger partial charge in [0.25, 0.3) is 11.8 Å². The topological polar surface area (TPSA) is 128 Å². The van der Waals surface area contributed by atoms with E-state index in [2.05, 4.69) is 16.0 Å². The molecule has 1 aromatic rings. The Labute approximate surface area is 151 Å². The molecule has 140 valence electrons. The van der Waals surface area contributed by atoms with Crippen molar-refractivity contribution in [1.82, 2.24) is 10.6 Å². The van der Waals surface area contributed by atoms with Gasteiger partial charge in [0.05, 0.1) is 0 Å². The van der Waals surface area contributed by atoms with Gasteiger partial charge in [-0.05, 0) is 25.0 Å². The summed E-state index contributed by atoms with van der Waals surface area (Å²) in [5.74, 6) is -3.57. The minimum Gasteiger partial charge on any atom is -0.494 e. The smallest absolute Gasteiger partial charge is 0.322 e. The molecule has 8 nitrogen and oxygen atoms in total. The number of carboxylic acids is 1. The van der Waals surface area contributed by atoms with Crippen molar-refractivity contribution >= 4 is 23.5 Å². The lowest BCUT2D eigenvalue weighted by molar-refractivity contribution is -0.137. The highest BCUT2D eigenvalue weighted by molar-refractivity contribution is 6.23. The Kier molecular flexibility index (Phi) is 7.02. The Morgan fingerprint density at radius 3 is 2.23 bits per heavy atom. The van der Waals surface area contributed by atoms with E-state index in [4.69, 9.17) is 5.11 Å². The summed E-state index contributed by atoms with van der Waals surface area (Å²) in [6, 6.07) is 8.43. The molecule has 2 amide bonds. The van der Waals surface area contributed by atoms with Crippen molar-refractivity contribution in [2.24, 2.45) is 0 Å². The van der Waals surface area contributed by atoms with E-state index in [9.17, 15) is 19.5 Å². The number of anilines is 1. The average Bonchev–Trinajstić information content (AvgIpc) is 2.61. The van der Waals surface area contributed by atoms with E-state index in [0.29, 0.717) is 5.69 Å². The summed E-state index contributed by atoms with van der Waals surface area (Å²) in [6.45, 7) is -0.655. The minimum absolute atomic E-state index is 0.0319. The van der Waals surface area contributed by atoms with Crippen molar-refractivity contribution in [3.63, 3.8) is 0 Å². The number of aliphatic hydroxyl groups excluding tert-OH is 1. The number of benzene rings is 1. The van der Waals surface area contributed by atoms with E-state index in [-0.39, 0.29) is 6.04 Å². The van der Waals surface area contributed by atoms with Gasteiger partial charge >= 0.3 is 5.97 Å². The van der Waals surface area contributed by atoms with Gasteiger partial charge in [-0.25, -0.2) is 0 Å². The van der Waals surface area contributed by atoms with Gasteiger partial charge in [-0.1, -0.05) is 37.5 Å². The van der Waals surface area contributed by atoms with Gasteiger partial charge in [-0.3, -0.25) is 14.4 Å². The van der Waals surface area contributed by atoms with Crippen LogP contribution in [0.4, 0.5) is 5.69 Å². The molecule has 0 aromatic heterocycles. The molecule has 0 unspecified atom stereocenters. The fourth-order valence-corrected chi connectivity index (χ4v) is 2.79. The van der Waals surface area contributed by atoms with Gasteiger partial charge in [0, 0.05) is 11.7 Å². The molecule has 2 rings (SSSR count). The van der Waals surface area contributed by atoms with Gasteiger partial charge in [-0.2, -0.15) is 0 Å². The summed E-state index contributed by atoms with van der Waals surface area (Å²) in [5.41, 5.74) is -0.0906. The molecule has 1 fully saturated rings. The van der Waals surface area contributed by atoms with Crippen LogP contribution in [0.15, 0.2) is 41.8 Å². The number of amides is 2. The van der Waals surface area contributed by atoms with Crippen LogP contribution in [0.2, 0.25) is 0 Å². The zero-order valence-electron chi connectivity index (χ0n) is 14.3. The zero-order chi connectivity index (χ0) is 18.9. The van der Waals surface area contributed by atoms with E-state index >= 15 is 0 Å². The van der Waals surface area contributed by atoms with Crippen LogP contribution in [-0.4, -0.2) is 40.6 Å². The van der Waals surface area contributed by atoms with Gasteiger partial charge < -0.3 is 26.2 Å². The van der Waals surface area contributed by atoms with Crippen molar-refractivity contribution < 1.29 is 24.6 Å². The van der Waals surface area contributed by atoms with Crippen molar-refractivity contribution in [2.45, 2.75) is 38.1 Å². The molecule has 0 radical (unpaired) electrons. The van der Waals surface area contributed by atoms with Gasteiger partial charge in [0.2, 0.25) is 5.88 Å². The maximum absolute atomic E-state index is 12.5. The first-order valence-electron chi connectivity index (χ1n) is 8.53. The first kappa shape index (κ1) is 19.3. The molecule has 0 spiro atoms. The lowest BCUT2D eigenvalue weighted by Gasteiger charge is -2.24. The summed E-state index contributed by atoms with van der Waals surface area (Å²) in [6.07, 6.45) is 4.77. The molecule has 0 aliphatic heterocycles. The number of hydrogen-bond acceptors (Lipinski definition) is 5. The largest absolute Gasteiger partial charge is 0.494 e. The van der Waals surface area contributed by atoms with E-state index in [1.54, 1.807) is 30.3 Å². The molecule has 0 atom stereocenters. The molecular formula is C18H23N3O5. The van der Waals surface area contributed by atoms with Crippen LogP contribution in [-0.2, 0) is 14.4 Å². The third-order valence-corrected chi connectivity index (χ3v) is 4.07. The van der Waals surface area contributed by atoms with E-state index in [0.717, 1.165) is 32.1 Å². The maximum atomic E-state index is 12.5. The van der Waals surface area contributed by atoms with Crippen LogP contribution in [0.1, 0.15) is 32.1 Å². The Bertz CT molecular complexity index is 681. The highest BCUT2D eigenvalue weighted by Gasteiger charge is 2.26. The van der Waals surface area contributed by atoms with Crippen molar-refractivity contribution in [2.75, 3.05) is 11.9 Å². The molecule has 5 N–H and O–H groups in total. The SMILES string of the molecule is O=C(O)CNC(=O)/C(C(=O)Nc1ccccc1)=C(\O)NC1CCCCC1. The second-order valence-corrected chi connectivity index (χ2v) is 6.10. The number of nitrogens with one attached hydrogen (secondary N) is 3. The number of carboxylic acid groups (broad SMARTS) is 1. The van der Waals surface area contributed by atoms with Crippen LogP contribution in [0.5, 0.6) is 0 Å². The second kappa shape index (κ2) is 9.45. The van der Waals surface area contributed by atoms with Crippen LogP contribution in [0.25, 0.3) is 0 Å². The quantitative estimate of drug-likeness (QED) is 0.217. The van der Waals surface area contributed by atoms with E-state index in [1.807, 2.05) is 0 Å². The maximum Gasteiger partial charge on any atom is 0.322 e. The Morgan fingerprint density at radius 1 is 0.962 bits per heavy atom. The van der Waals surface area contributed by atoms with Crippen LogP contribution >= 0.6 is 0 Å². The number of rotatable bonds is 7. The highest BCUT2D eigenvalue weighted by atomic mass is 16.4. The van der Waals surface area contributed by atoms with E-state index in [1.165, 1.54) is 0 Å². The molecule has 0 saturated heterocycles. The number of carbonyl (C=O) groups is 3. The monoisotopic (exact) mass is 361 g/mol. The standard InChI is InChI=1S/C18H23N3O5/c22-14(23)11-19-16(24)15(17(25)20-12-7-3-1-4-8-12)18(26)21-13-9-5-2-6-10-13/h1,3-4,7-8,13,21,26H,2,5-6,9-11H2,(H,19,24)(H,20,25)(H,22,23)/b18-15+. The second-order valence-electron chi connectivity index (χ2n) is 6.10. The molecule has 26 heavy (non-hydrogen) atoms. The minimum atomic E-state index is -1.25. The predicted molar refractivity (Wildman–Crippen MR) is 95.4 cm³/mol. The Morgan fingerprint density at radius 2 is 1.62 bits per heavy atom. The number of aliphatic hydroxyl groups is 1. The molecule has 0 heterocycles. The molecule has 1 aliphatic carbocycles. The summed E-state index contributed by atoms with van der Waals surface area (Å²) in [4.78, 5) is 35.4. The van der Waals surface area contributed by atoms with Crippen molar-refractivity contribution in [3.05, 3.63) is 41.8 Å². The normalized spacial score (nSPS) is 15.5. The predicted octanol–water partition coefficient (Wildman–Crippen LogP) is 1.52. The van der Waals surface area contributed by atoms with E-state index < -0.39 is 35.8 Å². The number of aliphatic carboxylic acids is 1. The third kappa shape index (κ3) is 5.80.